The lowest BCUT2D eigenvalue weighted by atomic mass is 10.2. The molecule has 1 heterocycles. The number of rotatable bonds is 8. The zero-order chi connectivity index (χ0) is 18.1. The Hall–Kier alpha value is -3.04. The summed E-state index contributed by atoms with van der Waals surface area (Å²) in [7, 11) is 3.87. The molecule has 0 saturated carbocycles. The molecule has 1 aromatic heterocycles. The summed E-state index contributed by atoms with van der Waals surface area (Å²) < 4.78 is 10.6. The first kappa shape index (κ1) is 18.3. The number of benzene rings is 1. The maximum absolute atomic E-state index is 12.0. The SMILES string of the molecule is CN(C)C(CNC(=O)C=Cc1ccc(OCC#N)cc1)c1ccco1. The van der Waals surface area contributed by atoms with E-state index in [0.717, 1.165) is 11.3 Å². The fourth-order valence-electron chi connectivity index (χ4n) is 2.24. The molecule has 6 nitrogen and oxygen atoms in total. The topological polar surface area (TPSA) is 78.5 Å². The number of carbonyl (C=O) groups excluding carboxylic acids is 1. The predicted molar refractivity (Wildman–Crippen MR) is 94.7 cm³/mol. The third kappa shape index (κ3) is 5.83. The summed E-state index contributed by atoms with van der Waals surface area (Å²) in [4.78, 5) is 14.0. The first-order valence-electron chi connectivity index (χ1n) is 7.85. The van der Waals surface area contributed by atoms with Crippen molar-refractivity contribution in [1.29, 1.82) is 5.26 Å². The Kier molecular flexibility index (Phi) is 6.81. The number of hydrogen-bond acceptors (Lipinski definition) is 5. The van der Waals surface area contributed by atoms with Gasteiger partial charge in [-0.15, -0.1) is 0 Å². The molecule has 25 heavy (non-hydrogen) atoms. The van der Waals surface area contributed by atoms with E-state index in [1.54, 1.807) is 24.5 Å². The van der Waals surface area contributed by atoms with Gasteiger partial charge in [-0.05, 0) is 50.0 Å². The number of carbonyl (C=O) groups is 1. The largest absolute Gasteiger partial charge is 0.479 e. The predicted octanol–water partition coefficient (Wildman–Crippen LogP) is 2.61. The van der Waals surface area contributed by atoms with E-state index in [4.69, 9.17) is 14.4 Å². The fourth-order valence-corrected chi connectivity index (χ4v) is 2.24. The van der Waals surface area contributed by atoms with Crippen LogP contribution in [0.1, 0.15) is 17.4 Å². The molecule has 0 fully saturated rings. The lowest BCUT2D eigenvalue weighted by molar-refractivity contribution is -0.116. The van der Waals surface area contributed by atoms with Crippen molar-refractivity contribution in [1.82, 2.24) is 10.2 Å². The lowest BCUT2D eigenvalue weighted by Gasteiger charge is -2.22. The molecule has 1 amide bonds. The molecule has 1 N–H and O–H groups in total. The number of likely N-dealkylation sites (N-methyl/N-ethyl adjacent to an activating group) is 1. The molecular weight excluding hydrogens is 318 g/mol. The first-order valence-corrected chi connectivity index (χ1v) is 7.85. The third-order valence-electron chi connectivity index (χ3n) is 3.58. The average molecular weight is 339 g/mol. The molecule has 0 bridgehead atoms. The zero-order valence-corrected chi connectivity index (χ0v) is 14.3. The van der Waals surface area contributed by atoms with Gasteiger partial charge in [0.15, 0.2) is 6.61 Å². The second-order valence-electron chi connectivity index (χ2n) is 5.59. The molecule has 130 valence electrons. The van der Waals surface area contributed by atoms with Gasteiger partial charge in [0.2, 0.25) is 5.91 Å². The summed E-state index contributed by atoms with van der Waals surface area (Å²) in [5, 5.41) is 11.3. The first-order chi connectivity index (χ1) is 12.1. The van der Waals surface area contributed by atoms with Crippen molar-refractivity contribution in [3.8, 4) is 11.8 Å². The van der Waals surface area contributed by atoms with Crippen molar-refractivity contribution in [3.05, 3.63) is 60.1 Å². The smallest absolute Gasteiger partial charge is 0.244 e. The summed E-state index contributed by atoms with van der Waals surface area (Å²) in [6.07, 6.45) is 4.83. The minimum Gasteiger partial charge on any atom is -0.479 e. The summed E-state index contributed by atoms with van der Waals surface area (Å²) in [5.74, 6) is 1.25. The van der Waals surface area contributed by atoms with E-state index in [1.807, 2.05) is 49.3 Å². The van der Waals surface area contributed by atoms with E-state index in [1.165, 1.54) is 6.08 Å². The molecule has 1 unspecified atom stereocenters. The number of ether oxygens (including phenoxy) is 1. The highest BCUT2D eigenvalue weighted by Crippen LogP contribution is 2.17. The van der Waals surface area contributed by atoms with Gasteiger partial charge in [-0.1, -0.05) is 12.1 Å². The monoisotopic (exact) mass is 339 g/mol. The van der Waals surface area contributed by atoms with Crippen LogP contribution in [0.2, 0.25) is 0 Å². The van der Waals surface area contributed by atoms with Gasteiger partial charge in [0.1, 0.15) is 17.6 Å². The average Bonchev–Trinajstić information content (AvgIpc) is 3.13. The number of nitrogens with zero attached hydrogens (tertiary/aromatic N) is 2. The van der Waals surface area contributed by atoms with Crippen molar-refractivity contribution in [2.75, 3.05) is 27.2 Å². The van der Waals surface area contributed by atoms with Crippen molar-refractivity contribution in [2.45, 2.75) is 6.04 Å². The van der Waals surface area contributed by atoms with E-state index in [9.17, 15) is 4.79 Å². The molecule has 0 aliphatic heterocycles. The maximum Gasteiger partial charge on any atom is 0.244 e. The molecule has 0 saturated heterocycles. The van der Waals surface area contributed by atoms with Gasteiger partial charge >= 0.3 is 0 Å². The van der Waals surface area contributed by atoms with Crippen LogP contribution in [0.3, 0.4) is 0 Å². The van der Waals surface area contributed by atoms with Crippen LogP contribution in [-0.4, -0.2) is 38.1 Å². The Bertz CT molecular complexity index is 728. The molecule has 0 aliphatic rings. The van der Waals surface area contributed by atoms with E-state index >= 15 is 0 Å². The minimum absolute atomic E-state index is 0.0142. The van der Waals surface area contributed by atoms with Crippen LogP contribution in [0.4, 0.5) is 0 Å². The Labute approximate surface area is 147 Å². The Morgan fingerprint density at radius 1 is 1.36 bits per heavy atom. The van der Waals surface area contributed by atoms with Crippen molar-refractivity contribution < 1.29 is 13.9 Å². The van der Waals surface area contributed by atoms with Crippen LogP contribution >= 0.6 is 0 Å². The standard InChI is InChI=1S/C19H21N3O3/c1-22(2)17(18-4-3-12-25-18)14-21-19(23)10-7-15-5-8-16(9-6-15)24-13-11-20/h3-10,12,17H,13-14H2,1-2H3,(H,21,23). The second kappa shape index (κ2) is 9.30. The van der Waals surface area contributed by atoms with Crippen LogP contribution in [-0.2, 0) is 4.79 Å². The summed E-state index contributed by atoms with van der Waals surface area (Å²) in [6, 6.07) is 12.8. The molecule has 1 atom stereocenters. The normalized spacial score (nSPS) is 12.1. The van der Waals surface area contributed by atoms with Crippen LogP contribution < -0.4 is 10.1 Å². The molecule has 2 aromatic rings. The van der Waals surface area contributed by atoms with Gasteiger partial charge < -0.3 is 14.5 Å². The summed E-state index contributed by atoms with van der Waals surface area (Å²) in [6.45, 7) is 0.463. The third-order valence-corrected chi connectivity index (χ3v) is 3.58. The number of nitriles is 1. The molecule has 2 rings (SSSR count). The van der Waals surface area contributed by atoms with Gasteiger partial charge in [-0.2, -0.15) is 5.26 Å². The van der Waals surface area contributed by atoms with Crippen molar-refractivity contribution in [2.24, 2.45) is 0 Å². The van der Waals surface area contributed by atoms with Crippen LogP contribution in [0, 0.1) is 11.3 Å². The van der Waals surface area contributed by atoms with Crippen molar-refractivity contribution in [3.63, 3.8) is 0 Å². The number of hydrogen-bond donors (Lipinski definition) is 1. The Morgan fingerprint density at radius 2 is 2.12 bits per heavy atom. The molecule has 0 radical (unpaired) electrons. The van der Waals surface area contributed by atoms with Gasteiger partial charge in [0.05, 0.1) is 12.3 Å². The number of nitrogens with one attached hydrogen (secondary N) is 1. The highest BCUT2D eigenvalue weighted by Gasteiger charge is 2.17. The highest BCUT2D eigenvalue weighted by atomic mass is 16.5. The number of amides is 1. The fraction of sp³-hybridized carbons (Fsp3) is 0.263. The van der Waals surface area contributed by atoms with Crippen LogP contribution in [0.25, 0.3) is 6.08 Å². The quantitative estimate of drug-likeness (QED) is 0.748. The van der Waals surface area contributed by atoms with Gasteiger partial charge in [0, 0.05) is 12.6 Å². The molecular formula is C19H21N3O3. The minimum atomic E-state index is -0.178. The Balaban J connectivity index is 1.86. The zero-order valence-electron chi connectivity index (χ0n) is 14.3. The van der Waals surface area contributed by atoms with Crippen LogP contribution in [0.5, 0.6) is 5.75 Å². The molecule has 0 aliphatic carbocycles. The molecule has 1 aromatic carbocycles. The van der Waals surface area contributed by atoms with E-state index < -0.39 is 0 Å². The summed E-state index contributed by atoms with van der Waals surface area (Å²) >= 11 is 0. The lowest BCUT2D eigenvalue weighted by Crippen LogP contribution is -2.33. The van der Waals surface area contributed by atoms with E-state index in [0.29, 0.717) is 12.3 Å². The highest BCUT2D eigenvalue weighted by molar-refractivity contribution is 5.91. The summed E-state index contributed by atoms with van der Waals surface area (Å²) in [5.41, 5.74) is 0.870. The second-order valence-corrected chi connectivity index (χ2v) is 5.59. The van der Waals surface area contributed by atoms with Crippen molar-refractivity contribution >= 4 is 12.0 Å². The van der Waals surface area contributed by atoms with Gasteiger partial charge in [-0.25, -0.2) is 0 Å². The maximum atomic E-state index is 12.0. The Morgan fingerprint density at radius 3 is 2.72 bits per heavy atom. The number of furan rings is 1. The van der Waals surface area contributed by atoms with Gasteiger partial charge in [0.25, 0.3) is 0 Å². The molecule has 6 heteroatoms. The van der Waals surface area contributed by atoms with E-state index in [-0.39, 0.29) is 18.6 Å². The molecule has 0 spiro atoms. The van der Waals surface area contributed by atoms with Gasteiger partial charge in [-0.3, -0.25) is 9.69 Å². The van der Waals surface area contributed by atoms with E-state index in [2.05, 4.69) is 5.32 Å². The van der Waals surface area contributed by atoms with Crippen LogP contribution in [0.15, 0.2) is 53.2 Å².